The van der Waals surface area contributed by atoms with E-state index in [1.165, 1.54) is 0 Å². The van der Waals surface area contributed by atoms with Gasteiger partial charge in [-0.2, -0.15) is 0 Å². The SMILES string of the molecule is O=[N+]([O-])C=C1CCCO1. The van der Waals surface area contributed by atoms with E-state index >= 15 is 0 Å². The lowest BCUT2D eigenvalue weighted by Crippen LogP contribution is -1.88. The summed E-state index contributed by atoms with van der Waals surface area (Å²) in [6, 6.07) is 0. The molecule has 0 saturated carbocycles. The van der Waals surface area contributed by atoms with E-state index in [0.29, 0.717) is 18.8 Å². The maximum atomic E-state index is 9.80. The van der Waals surface area contributed by atoms with Gasteiger partial charge in [-0.25, -0.2) is 0 Å². The van der Waals surface area contributed by atoms with Crippen molar-refractivity contribution < 1.29 is 9.66 Å². The van der Waals surface area contributed by atoms with Crippen molar-refractivity contribution in [2.75, 3.05) is 6.61 Å². The molecule has 0 aromatic rings. The summed E-state index contributed by atoms with van der Waals surface area (Å²) in [6.45, 7) is 0.625. The maximum absolute atomic E-state index is 9.80. The van der Waals surface area contributed by atoms with E-state index in [4.69, 9.17) is 4.74 Å². The number of ether oxygens (including phenoxy) is 1. The van der Waals surface area contributed by atoms with E-state index in [1.807, 2.05) is 0 Å². The van der Waals surface area contributed by atoms with Gasteiger partial charge in [0, 0.05) is 6.42 Å². The van der Waals surface area contributed by atoms with Crippen LogP contribution in [0, 0.1) is 10.1 Å². The average Bonchev–Trinajstić information content (AvgIpc) is 2.15. The van der Waals surface area contributed by atoms with Crippen LogP contribution in [0.1, 0.15) is 12.8 Å². The van der Waals surface area contributed by atoms with Crippen LogP contribution in [0.5, 0.6) is 0 Å². The van der Waals surface area contributed by atoms with Crippen LogP contribution < -0.4 is 0 Å². The van der Waals surface area contributed by atoms with Crippen molar-refractivity contribution in [1.82, 2.24) is 0 Å². The Bertz CT molecular complexity index is 144. The molecule has 1 heterocycles. The first-order valence-corrected chi connectivity index (χ1v) is 2.76. The maximum Gasteiger partial charge on any atom is 0.271 e. The van der Waals surface area contributed by atoms with E-state index in [0.717, 1.165) is 12.6 Å². The minimum atomic E-state index is -0.485. The van der Waals surface area contributed by atoms with E-state index in [9.17, 15) is 10.1 Å². The molecule has 0 unspecified atom stereocenters. The van der Waals surface area contributed by atoms with Gasteiger partial charge in [0.15, 0.2) is 5.76 Å². The number of hydrogen-bond acceptors (Lipinski definition) is 3. The first kappa shape index (κ1) is 6.07. The van der Waals surface area contributed by atoms with Crippen molar-refractivity contribution in [2.24, 2.45) is 0 Å². The highest BCUT2D eigenvalue weighted by Gasteiger charge is 2.10. The monoisotopic (exact) mass is 129 g/mol. The Morgan fingerprint density at radius 3 is 3.00 bits per heavy atom. The van der Waals surface area contributed by atoms with Crippen molar-refractivity contribution in [2.45, 2.75) is 12.8 Å². The molecule has 4 heteroatoms. The summed E-state index contributed by atoms with van der Waals surface area (Å²) in [7, 11) is 0. The molecule has 0 bridgehead atoms. The summed E-state index contributed by atoms with van der Waals surface area (Å²) in [5, 5.41) is 9.80. The molecule has 1 fully saturated rings. The third-order valence-electron chi connectivity index (χ3n) is 1.10. The molecule has 0 atom stereocenters. The predicted octanol–water partition coefficient (Wildman–Crippen LogP) is 0.915. The Hall–Kier alpha value is -1.06. The molecule has 1 saturated heterocycles. The molecule has 0 aromatic heterocycles. The van der Waals surface area contributed by atoms with E-state index in [1.54, 1.807) is 0 Å². The van der Waals surface area contributed by atoms with Crippen molar-refractivity contribution in [3.8, 4) is 0 Å². The first-order chi connectivity index (χ1) is 4.29. The molecule has 0 aromatic carbocycles. The average molecular weight is 129 g/mol. The molecule has 1 aliphatic heterocycles. The summed E-state index contributed by atoms with van der Waals surface area (Å²) in [4.78, 5) is 9.32. The van der Waals surface area contributed by atoms with Crippen LogP contribution in [-0.2, 0) is 4.74 Å². The fourth-order valence-corrected chi connectivity index (χ4v) is 0.741. The molecule has 50 valence electrons. The van der Waals surface area contributed by atoms with Crippen LogP contribution in [0.25, 0.3) is 0 Å². The molecular formula is C5H7NO3. The van der Waals surface area contributed by atoms with Crippen molar-refractivity contribution in [3.63, 3.8) is 0 Å². The number of nitro groups is 1. The van der Waals surface area contributed by atoms with Gasteiger partial charge >= 0.3 is 0 Å². The molecule has 9 heavy (non-hydrogen) atoms. The van der Waals surface area contributed by atoms with E-state index in [2.05, 4.69) is 0 Å². The molecule has 1 rings (SSSR count). The van der Waals surface area contributed by atoms with Gasteiger partial charge in [-0.3, -0.25) is 10.1 Å². The van der Waals surface area contributed by atoms with Crippen molar-refractivity contribution in [1.29, 1.82) is 0 Å². The summed E-state index contributed by atoms with van der Waals surface area (Å²) < 4.78 is 4.88. The molecule has 0 radical (unpaired) electrons. The van der Waals surface area contributed by atoms with Gasteiger partial charge in [0.25, 0.3) is 6.20 Å². The third-order valence-corrected chi connectivity index (χ3v) is 1.10. The summed E-state index contributed by atoms with van der Waals surface area (Å²) in [5.74, 6) is 0.500. The largest absolute Gasteiger partial charge is 0.491 e. The van der Waals surface area contributed by atoms with Crippen LogP contribution in [-0.4, -0.2) is 11.5 Å². The Kier molecular flexibility index (Phi) is 1.67. The second-order valence-corrected chi connectivity index (χ2v) is 1.83. The second-order valence-electron chi connectivity index (χ2n) is 1.83. The zero-order valence-corrected chi connectivity index (χ0v) is 4.87. The smallest absolute Gasteiger partial charge is 0.271 e. The Balaban J connectivity index is 2.49. The van der Waals surface area contributed by atoms with Crippen molar-refractivity contribution >= 4 is 0 Å². The third kappa shape index (κ3) is 1.71. The quantitative estimate of drug-likeness (QED) is 0.390. The van der Waals surface area contributed by atoms with Crippen LogP contribution in [0.2, 0.25) is 0 Å². The van der Waals surface area contributed by atoms with Gasteiger partial charge in [0.1, 0.15) is 0 Å². The molecule has 0 spiro atoms. The zero-order chi connectivity index (χ0) is 6.69. The second kappa shape index (κ2) is 2.48. The van der Waals surface area contributed by atoms with Crippen LogP contribution in [0.3, 0.4) is 0 Å². The Morgan fingerprint density at radius 2 is 2.56 bits per heavy atom. The molecule has 0 N–H and O–H groups in total. The van der Waals surface area contributed by atoms with Gasteiger partial charge in [-0.1, -0.05) is 0 Å². The lowest BCUT2D eigenvalue weighted by atomic mass is 10.3. The zero-order valence-electron chi connectivity index (χ0n) is 4.87. The van der Waals surface area contributed by atoms with Gasteiger partial charge < -0.3 is 4.74 Å². The lowest BCUT2D eigenvalue weighted by Gasteiger charge is -1.89. The molecule has 0 amide bonds. The normalized spacial score (nSPS) is 22.0. The number of hydrogen-bond donors (Lipinski definition) is 0. The predicted molar refractivity (Wildman–Crippen MR) is 30.3 cm³/mol. The highest BCUT2D eigenvalue weighted by atomic mass is 16.6. The van der Waals surface area contributed by atoms with Gasteiger partial charge in [0.05, 0.1) is 11.5 Å². The summed E-state index contributed by atoms with van der Waals surface area (Å²) >= 11 is 0. The number of rotatable bonds is 1. The number of allylic oxidation sites excluding steroid dienone is 1. The van der Waals surface area contributed by atoms with E-state index < -0.39 is 4.92 Å². The van der Waals surface area contributed by atoms with Crippen molar-refractivity contribution in [3.05, 3.63) is 22.1 Å². The van der Waals surface area contributed by atoms with Crippen LogP contribution in [0.4, 0.5) is 0 Å². The topological polar surface area (TPSA) is 52.4 Å². The summed E-state index contributed by atoms with van der Waals surface area (Å²) in [5.41, 5.74) is 0. The van der Waals surface area contributed by atoms with Gasteiger partial charge in [0.2, 0.25) is 0 Å². The van der Waals surface area contributed by atoms with E-state index in [-0.39, 0.29) is 0 Å². The molecule has 1 aliphatic rings. The summed E-state index contributed by atoms with van der Waals surface area (Å²) in [6.07, 6.45) is 2.54. The molecule has 0 aliphatic carbocycles. The fraction of sp³-hybridized carbons (Fsp3) is 0.600. The van der Waals surface area contributed by atoms with Crippen LogP contribution >= 0.6 is 0 Å². The number of nitrogens with zero attached hydrogens (tertiary/aromatic N) is 1. The molecule has 4 nitrogen and oxygen atoms in total. The van der Waals surface area contributed by atoms with Gasteiger partial charge in [-0.05, 0) is 6.42 Å². The highest BCUT2D eigenvalue weighted by molar-refractivity contribution is 4.90. The Labute approximate surface area is 52.3 Å². The fourth-order valence-electron chi connectivity index (χ4n) is 0.741. The molecular weight excluding hydrogens is 122 g/mol. The lowest BCUT2D eigenvalue weighted by molar-refractivity contribution is -0.405. The van der Waals surface area contributed by atoms with Gasteiger partial charge in [-0.15, -0.1) is 0 Å². The minimum absolute atomic E-state index is 0.485. The van der Waals surface area contributed by atoms with Crippen LogP contribution in [0.15, 0.2) is 12.0 Å². The first-order valence-electron chi connectivity index (χ1n) is 2.76. The standard InChI is InChI=1S/C5H7NO3/c7-6(8)4-5-2-1-3-9-5/h4H,1-3H2. The minimum Gasteiger partial charge on any atom is -0.491 e. The Morgan fingerprint density at radius 1 is 1.78 bits per heavy atom. The highest BCUT2D eigenvalue weighted by Crippen LogP contribution is 2.14.